The average molecular weight is 475 g/mol. The van der Waals surface area contributed by atoms with Crippen molar-refractivity contribution in [1.82, 2.24) is 14.8 Å². The number of unbranched alkanes of at least 4 members (excludes halogenated alkanes) is 1. The van der Waals surface area contributed by atoms with Crippen LogP contribution in [-0.4, -0.2) is 27.7 Å². The highest BCUT2D eigenvalue weighted by Crippen LogP contribution is 2.25. The molecule has 0 radical (unpaired) electrons. The van der Waals surface area contributed by atoms with Gasteiger partial charge in [0.2, 0.25) is 5.69 Å². The van der Waals surface area contributed by atoms with Crippen LogP contribution < -0.4 is 11.2 Å². The molecule has 0 atom stereocenters. The number of aliphatic imine (C=N–C) groups is 2. The molecule has 184 valence electrons. The number of aromatic amines is 1. The number of nitrogens with zero attached hydrogens (tertiary/aromatic N) is 5. The summed E-state index contributed by atoms with van der Waals surface area (Å²) in [6.07, 6.45) is 7.70. The third-order valence-corrected chi connectivity index (χ3v) is 5.72. The van der Waals surface area contributed by atoms with Crippen LogP contribution in [0.1, 0.15) is 69.3 Å². The zero-order valence-corrected chi connectivity index (χ0v) is 21.5. The maximum atomic E-state index is 12.2. The topological polar surface area (TPSA) is 116 Å². The summed E-state index contributed by atoms with van der Waals surface area (Å²) in [4.78, 5) is 34.9. The summed E-state index contributed by atoms with van der Waals surface area (Å²) in [6.45, 7) is 16.1. The molecule has 0 aliphatic rings. The Morgan fingerprint density at radius 2 is 1.91 bits per heavy atom. The van der Waals surface area contributed by atoms with Crippen molar-refractivity contribution >= 4 is 12.9 Å². The predicted molar refractivity (Wildman–Crippen MR) is 142 cm³/mol. The lowest BCUT2D eigenvalue weighted by Crippen LogP contribution is -2.33. The van der Waals surface area contributed by atoms with Gasteiger partial charge in [0.15, 0.2) is 0 Å². The summed E-state index contributed by atoms with van der Waals surface area (Å²) in [6, 6.07) is 5.35. The van der Waals surface area contributed by atoms with Crippen molar-refractivity contribution < 1.29 is 0 Å². The summed E-state index contributed by atoms with van der Waals surface area (Å²) < 4.78 is 1.04. The summed E-state index contributed by atoms with van der Waals surface area (Å²) >= 11 is 0. The number of rotatable bonds is 10. The van der Waals surface area contributed by atoms with Crippen molar-refractivity contribution in [3.63, 3.8) is 0 Å². The third kappa shape index (κ3) is 6.82. The number of aryl methyl sites for hydroxylation is 2. The number of hydrogen-bond donors (Lipinski definition) is 1. The largest absolute Gasteiger partial charge is 0.349 e. The highest BCUT2D eigenvalue weighted by Gasteiger charge is 2.12. The van der Waals surface area contributed by atoms with Crippen LogP contribution in [0.25, 0.3) is 5.69 Å². The maximum Gasteiger partial charge on any atom is 0.349 e. The number of hydrogen-bond acceptors (Lipinski definition) is 6. The molecule has 1 aromatic carbocycles. The molecule has 8 heteroatoms. The molecule has 0 saturated carbocycles. The van der Waals surface area contributed by atoms with Gasteiger partial charge in [-0.1, -0.05) is 33.3 Å². The minimum absolute atomic E-state index is 0.338. The summed E-state index contributed by atoms with van der Waals surface area (Å²) in [7, 11) is 0. The zero-order valence-electron chi connectivity index (χ0n) is 21.5. The van der Waals surface area contributed by atoms with Gasteiger partial charge in [0.05, 0.1) is 17.1 Å². The lowest BCUT2D eigenvalue weighted by Gasteiger charge is -2.14. The summed E-state index contributed by atoms with van der Waals surface area (Å²) in [5.74, 6) is 0.338. The predicted octanol–water partition coefficient (Wildman–Crippen LogP) is 4.73. The fourth-order valence-corrected chi connectivity index (χ4v) is 3.93. The smallest absolute Gasteiger partial charge is 0.270 e. The lowest BCUT2D eigenvalue weighted by atomic mass is 9.97. The van der Waals surface area contributed by atoms with E-state index in [0.717, 1.165) is 58.4 Å². The average Bonchev–Trinajstić information content (AvgIpc) is 2.80. The van der Waals surface area contributed by atoms with Crippen LogP contribution in [0.3, 0.4) is 0 Å². The van der Waals surface area contributed by atoms with Crippen LogP contribution >= 0.6 is 0 Å². The van der Waals surface area contributed by atoms with E-state index in [0.29, 0.717) is 11.6 Å². The van der Waals surface area contributed by atoms with Crippen LogP contribution in [0.15, 0.2) is 54.7 Å². The van der Waals surface area contributed by atoms with Gasteiger partial charge in [-0.05, 0) is 87.1 Å². The molecule has 0 spiro atoms. The molecule has 1 N–H and O–H groups in total. The number of nitriles is 1. The molecule has 0 aliphatic heterocycles. The Kier molecular flexibility index (Phi) is 9.83. The molecule has 0 aliphatic carbocycles. The molecule has 8 nitrogen and oxygen atoms in total. The monoisotopic (exact) mass is 474 g/mol. The Bertz CT molecular complexity index is 1310. The zero-order chi connectivity index (χ0) is 26.1. The van der Waals surface area contributed by atoms with Gasteiger partial charge in [-0.2, -0.15) is 9.94 Å². The highest BCUT2D eigenvalue weighted by molar-refractivity contribution is 5.61. The van der Waals surface area contributed by atoms with Crippen LogP contribution in [0.2, 0.25) is 0 Å². The van der Waals surface area contributed by atoms with Gasteiger partial charge in [0, 0.05) is 6.21 Å². The number of H-pyrrole nitrogens is 1. The van der Waals surface area contributed by atoms with Gasteiger partial charge in [0.1, 0.15) is 6.07 Å². The third-order valence-electron chi connectivity index (χ3n) is 5.72. The van der Waals surface area contributed by atoms with Crippen LogP contribution in [0.5, 0.6) is 0 Å². The normalized spacial score (nSPS) is 12.7. The van der Waals surface area contributed by atoms with Gasteiger partial charge < -0.3 is 0 Å². The summed E-state index contributed by atoms with van der Waals surface area (Å²) in [5.41, 5.74) is 4.63. The Balaban J connectivity index is 2.26. The maximum absolute atomic E-state index is 12.2. The van der Waals surface area contributed by atoms with E-state index in [9.17, 15) is 9.59 Å². The van der Waals surface area contributed by atoms with E-state index in [1.807, 2.05) is 39.1 Å². The van der Waals surface area contributed by atoms with E-state index in [1.54, 1.807) is 6.07 Å². The van der Waals surface area contributed by atoms with E-state index in [-0.39, 0.29) is 5.69 Å². The van der Waals surface area contributed by atoms with Gasteiger partial charge in [0.25, 0.3) is 5.56 Å². The van der Waals surface area contributed by atoms with E-state index in [1.165, 1.54) is 5.57 Å². The van der Waals surface area contributed by atoms with Gasteiger partial charge in [-0.3, -0.25) is 19.8 Å². The molecule has 2 aromatic rings. The van der Waals surface area contributed by atoms with Crippen LogP contribution in [0.4, 0.5) is 0 Å². The molecule has 1 heterocycles. The second-order valence-electron chi connectivity index (χ2n) is 8.73. The van der Waals surface area contributed by atoms with Crippen molar-refractivity contribution in [2.24, 2.45) is 15.9 Å². The van der Waals surface area contributed by atoms with E-state index in [2.05, 4.69) is 53.6 Å². The van der Waals surface area contributed by atoms with Crippen molar-refractivity contribution in [2.45, 2.75) is 67.2 Å². The SMILES string of the molecule is C=NC(/C(=C\CCC)C(C)C)=C(/C)N=CCCc1c(C)cc(-n2nc(C#N)c(=O)[nH]c2=O)cc1C. The number of benzene rings is 1. The first-order valence-electron chi connectivity index (χ1n) is 11.8. The minimum atomic E-state index is -0.793. The Hall–Kier alpha value is -3.86. The Labute approximate surface area is 206 Å². The highest BCUT2D eigenvalue weighted by atomic mass is 16.2. The van der Waals surface area contributed by atoms with E-state index >= 15 is 0 Å². The fraction of sp³-hybridized carbons (Fsp3) is 0.407. The van der Waals surface area contributed by atoms with Crippen LogP contribution in [0, 0.1) is 31.1 Å². The molecule has 0 fully saturated rings. The van der Waals surface area contributed by atoms with Gasteiger partial charge in [-0.15, -0.1) is 5.10 Å². The van der Waals surface area contributed by atoms with E-state index < -0.39 is 11.2 Å². The minimum Gasteiger partial charge on any atom is -0.270 e. The van der Waals surface area contributed by atoms with Gasteiger partial charge >= 0.3 is 5.69 Å². The molecule has 1 aromatic heterocycles. The first kappa shape index (κ1) is 27.4. The first-order valence-corrected chi connectivity index (χ1v) is 11.8. The lowest BCUT2D eigenvalue weighted by molar-refractivity contribution is 0.738. The molecular formula is C27H34N6O2. The number of aromatic nitrogens is 3. The Morgan fingerprint density at radius 3 is 2.46 bits per heavy atom. The van der Waals surface area contributed by atoms with Crippen molar-refractivity contribution in [1.29, 1.82) is 5.26 Å². The second kappa shape index (κ2) is 12.6. The Morgan fingerprint density at radius 1 is 1.26 bits per heavy atom. The van der Waals surface area contributed by atoms with E-state index in [4.69, 9.17) is 5.26 Å². The summed E-state index contributed by atoms with van der Waals surface area (Å²) in [5, 5.41) is 13.0. The number of allylic oxidation sites excluding steroid dienone is 3. The number of nitrogens with one attached hydrogen (secondary N) is 1. The molecule has 0 amide bonds. The van der Waals surface area contributed by atoms with Crippen LogP contribution in [-0.2, 0) is 6.42 Å². The molecule has 0 bridgehead atoms. The quantitative estimate of drug-likeness (QED) is 0.396. The van der Waals surface area contributed by atoms with Crippen molar-refractivity contribution in [2.75, 3.05) is 0 Å². The molecule has 0 unspecified atom stereocenters. The van der Waals surface area contributed by atoms with Crippen molar-refractivity contribution in [3.05, 3.63) is 78.4 Å². The second-order valence-corrected chi connectivity index (χ2v) is 8.73. The molecule has 2 rings (SSSR count). The molecule has 0 saturated heterocycles. The fourth-order valence-electron chi connectivity index (χ4n) is 3.93. The molecular weight excluding hydrogens is 440 g/mol. The van der Waals surface area contributed by atoms with Gasteiger partial charge in [-0.25, -0.2) is 4.79 Å². The standard InChI is InChI=1S/C27H34N6O2/c1-8-9-11-22(17(2)3)25(29-7)20(6)30-13-10-12-23-18(4)14-21(15-19(23)5)33-27(35)31-26(34)24(16-28)32-33/h11,13-15,17H,7-10,12H2,1-6H3,(H,31,34,35)/b22-11-,25-20-,30-13?. The first-order chi connectivity index (χ1) is 16.6. The van der Waals surface area contributed by atoms with Crippen molar-refractivity contribution in [3.8, 4) is 11.8 Å². The molecule has 35 heavy (non-hydrogen) atoms.